The molecule has 26 heavy (non-hydrogen) atoms. The normalized spacial score (nSPS) is 10.2. The van der Waals surface area contributed by atoms with Gasteiger partial charge in [-0.3, -0.25) is 0 Å². The van der Waals surface area contributed by atoms with Gasteiger partial charge in [-0.05, 0) is 55.3 Å². The molecular weight excluding hydrogens is 356 g/mol. The maximum Gasteiger partial charge on any atom is 0.337 e. The molecule has 138 valence electrons. The van der Waals surface area contributed by atoms with Gasteiger partial charge in [0.15, 0.2) is 0 Å². The molecule has 0 heterocycles. The SMILES string of the molecule is COC(=O)c1ccc(Cl)c(NC(=O)NCCOc2cc(C)cc(C)c2)c1. The third-order valence-electron chi connectivity index (χ3n) is 3.49. The van der Waals surface area contributed by atoms with Gasteiger partial charge >= 0.3 is 12.0 Å². The number of carbonyl (C=O) groups excluding carboxylic acids is 2. The highest BCUT2D eigenvalue weighted by Gasteiger charge is 2.11. The molecule has 2 aromatic carbocycles. The molecule has 0 unspecified atom stereocenters. The molecule has 0 aliphatic carbocycles. The second-order valence-electron chi connectivity index (χ2n) is 5.74. The van der Waals surface area contributed by atoms with Crippen LogP contribution in [0.1, 0.15) is 21.5 Å². The molecule has 2 amide bonds. The highest BCUT2D eigenvalue weighted by Crippen LogP contribution is 2.23. The molecule has 7 heteroatoms. The smallest absolute Gasteiger partial charge is 0.337 e. The van der Waals surface area contributed by atoms with E-state index in [0.717, 1.165) is 16.9 Å². The number of esters is 1. The van der Waals surface area contributed by atoms with E-state index in [1.165, 1.54) is 25.3 Å². The van der Waals surface area contributed by atoms with Crippen molar-refractivity contribution in [2.75, 3.05) is 25.6 Å². The molecule has 2 aromatic rings. The molecule has 0 bridgehead atoms. The molecule has 6 nitrogen and oxygen atoms in total. The molecule has 0 atom stereocenters. The fraction of sp³-hybridized carbons (Fsp3) is 0.263. The molecule has 0 radical (unpaired) electrons. The lowest BCUT2D eigenvalue weighted by Gasteiger charge is -2.11. The van der Waals surface area contributed by atoms with Crippen molar-refractivity contribution in [3.05, 3.63) is 58.1 Å². The van der Waals surface area contributed by atoms with Gasteiger partial charge in [0.25, 0.3) is 0 Å². The van der Waals surface area contributed by atoms with E-state index in [1.54, 1.807) is 0 Å². The van der Waals surface area contributed by atoms with Gasteiger partial charge in [0.2, 0.25) is 0 Å². The van der Waals surface area contributed by atoms with Crippen LogP contribution in [-0.2, 0) is 4.74 Å². The van der Waals surface area contributed by atoms with Crippen LogP contribution in [0.15, 0.2) is 36.4 Å². The van der Waals surface area contributed by atoms with Crippen LogP contribution in [0.25, 0.3) is 0 Å². The number of ether oxygens (including phenoxy) is 2. The molecule has 0 aliphatic rings. The molecule has 0 saturated carbocycles. The largest absolute Gasteiger partial charge is 0.492 e. The number of urea groups is 1. The maximum absolute atomic E-state index is 12.0. The van der Waals surface area contributed by atoms with E-state index in [4.69, 9.17) is 16.3 Å². The summed E-state index contributed by atoms with van der Waals surface area (Å²) >= 11 is 6.04. The van der Waals surface area contributed by atoms with Gasteiger partial charge in [0.05, 0.1) is 29.9 Å². The predicted molar refractivity (Wildman–Crippen MR) is 101 cm³/mol. The third kappa shape index (κ3) is 5.67. The Balaban J connectivity index is 1.84. The van der Waals surface area contributed by atoms with E-state index in [9.17, 15) is 9.59 Å². The van der Waals surface area contributed by atoms with Crippen molar-refractivity contribution < 1.29 is 19.1 Å². The minimum Gasteiger partial charge on any atom is -0.492 e. The number of halogens is 1. The molecular formula is C19H21ClN2O4. The van der Waals surface area contributed by atoms with Crippen LogP contribution in [-0.4, -0.2) is 32.3 Å². The molecule has 2 N–H and O–H groups in total. The molecule has 0 spiro atoms. The van der Waals surface area contributed by atoms with Crippen molar-refractivity contribution in [2.24, 2.45) is 0 Å². The summed E-state index contributed by atoms with van der Waals surface area (Å²) in [5.41, 5.74) is 2.85. The first-order valence-electron chi connectivity index (χ1n) is 8.03. The summed E-state index contributed by atoms with van der Waals surface area (Å²) in [6, 6.07) is 9.99. The van der Waals surface area contributed by atoms with Gasteiger partial charge in [-0.15, -0.1) is 0 Å². The average molecular weight is 377 g/mol. The third-order valence-corrected chi connectivity index (χ3v) is 3.82. The fourth-order valence-corrected chi connectivity index (χ4v) is 2.55. The fourth-order valence-electron chi connectivity index (χ4n) is 2.38. The molecule has 0 aromatic heterocycles. The summed E-state index contributed by atoms with van der Waals surface area (Å²) in [5.74, 6) is 0.255. The van der Waals surface area contributed by atoms with E-state index < -0.39 is 12.0 Å². The number of hydrogen-bond donors (Lipinski definition) is 2. The Hall–Kier alpha value is -2.73. The van der Waals surface area contributed by atoms with Gasteiger partial charge in [-0.2, -0.15) is 0 Å². The van der Waals surface area contributed by atoms with Crippen LogP contribution >= 0.6 is 11.6 Å². The number of nitrogens with one attached hydrogen (secondary N) is 2. The Morgan fingerprint density at radius 1 is 1.08 bits per heavy atom. The summed E-state index contributed by atoms with van der Waals surface area (Å²) in [6.07, 6.45) is 0. The number of methoxy groups -OCH3 is 1. The zero-order chi connectivity index (χ0) is 19.1. The van der Waals surface area contributed by atoms with Gasteiger partial charge < -0.3 is 20.1 Å². The Bertz CT molecular complexity index is 788. The highest BCUT2D eigenvalue weighted by molar-refractivity contribution is 6.33. The topological polar surface area (TPSA) is 76.7 Å². The van der Waals surface area contributed by atoms with E-state index in [0.29, 0.717) is 29.4 Å². The van der Waals surface area contributed by atoms with Crippen molar-refractivity contribution >= 4 is 29.3 Å². The van der Waals surface area contributed by atoms with Gasteiger partial charge in [0, 0.05) is 0 Å². The second-order valence-corrected chi connectivity index (χ2v) is 6.15. The number of hydrogen-bond acceptors (Lipinski definition) is 4. The standard InChI is InChI=1S/C19H21ClN2O4/c1-12-8-13(2)10-15(9-12)26-7-6-21-19(24)22-17-11-14(18(23)25-3)4-5-16(17)20/h4-5,8-11H,6-7H2,1-3H3,(H2,21,22,24). The first-order chi connectivity index (χ1) is 12.4. The number of amides is 2. The van der Waals surface area contributed by atoms with Crippen LogP contribution in [0.5, 0.6) is 5.75 Å². The van der Waals surface area contributed by atoms with Crippen molar-refractivity contribution in [3.63, 3.8) is 0 Å². The van der Waals surface area contributed by atoms with Crippen molar-refractivity contribution in [2.45, 2.75) is 13.8 Å². The predicted octanol–water partition coefficient (Wildman–Crippen LogP) is 3.94. The van der Waals surface area contributed by atoms with Crippen LogP contribution in [0.2, 0.25) is 5.02 Å². The maximum atomic E-state index is 12.0. The summed E-state index contributed by atoms with van der Waals surface area (Å²) in [4.78, 5) is 23.5. The molecule has 0 saturated heterocycles. The van der Waals surface area contributed by atoms with E-state index in [-0.39, 0.29) is 0 Å². The number of rotatable bonds is 6. The summed E-state index contributed by atoms with van der Waals surface area (Å²) in [5, 5.41) is 5.59. The Morgan fingerprint density at radius 2 is 1.77 bits per heavy atom. The lowest BCUT2D eigenvalue weighted by molar-refractivity contribution is 0.0600. The van der Waals surface area contributed by atoms with Crippen LogP contribution in [0.3, 0.4) is 0 Å². The molecule has 0 aliphatic heterocycles. The summed E-state index contributed by atoms with van der Waals surface area (Å²) in [7, 11) is 1.28. The zero-order valence-electron chi connectivity index (χ0n) is 14.9. The minimum absolute atomic E-state index is 0.297. The zero-order valence-corrected chi connectivity index (χ0v) is 15.6. The second kappa shape index (κ2) is 9.10. The van der Waals surface area contributed by atoms with Gasteiger partial charge in [0.1, 0.15) is 12.4 Å². The number of benzene rings is 2. The summed E-state index contributed by atoms with van der Waals surface area (Å²) < 4.78 is 10.3. The summed E-state index contributed by atoms with van der Waals surface area (Å²) in [6.45, 7) is 4.63. The minimum atomic E-state index is -0.507. The molecule has 2 rings (SSSR count). The monoisotopic (exact) mass is 376 g/mol. The lowest BCUT2D eigenvalue weighted by Crippen LogP contribution is -2.32. The Labute approximate surface area is 157 Å². The van der Waals surface area contributed by atoms with E-state index in [1.807, 2.05) is 26.0 Å². The van der Waals surface area contributed by atoms with Crippen LogP contribution in [0, 0.1) is 13.8 Å². The quantitative estimate of drug-likeness (QED) is 0.591. The first kappa shape index (κ1) is 19.6. The lowest BCUT2D eigenvalue weighted by atomic mass is 10.1. The van der Waals surface area contributed by atoms with Gasteiger partial charge in [-0.25, -0.2) is 9.59 Å². The first-order valence-corrected chi connectivity index (χ1v) is 8.40. The van der Waals surface area contributed by atoms with Gasteiger partial charge in [-0.1, -0.05) is 17.7 Å². The van der Waals surface area contributed by atoms with Crippen LogP contribution < -0.4 is 15.4 Å². The Kier molecular flexibility index (Phi) is 6.86. The van der Waals surface area contributed by atoms with Crippen molar-refractivity contribution in [3.8, 4) is 5.75 Å². The number of aryl methyl sites for hydroxylation is 2. The van der Waals surface area contributed by atoms with Crippen LogP contribution in [0.4, 0.5) is 10.5 Å². The number of carbonyl (C=O) groups is 2. The van der Waals surface area contributed by atoms with Crippen molar-refractivity contribution in [1.29, 1.82) is 0 Å². The van der Waals surface area contributed by atoms with Crippen molar-refractivity contribution in [1.82, 2.24) is 5.32 Å². The average Bonchev–Trinajstić information content (AvgIpc) is 2.59. The highest BCUT2D eigenvalue weighted by atomic mass is 35.5. The molecule has 0 fully saturated rings. The van der Waals surface area contributed by atoms with E-state index >= 15 is 0 Å². The van der Waals surface area contributed by atoms with E-state index in [2.05, 4.69) is 21.4 Å². The Morgan fingerprint density at radius 3 is 2.42 bits per heavy atom. The number of anilines is 1.